The van der Waals surface area contributed by atoms with Gasteiger partial charge in [0.1, 0.15) is 11.9 Å². The maximum Gasteiger partial charge on any atom is 0.416 e. The zero-order valence-corrected chi connectivity index (χ0v) is 27.3. The van der Waals surface area contributed by atoms with E-state index in [2.05, 4.69) is 29.4 Å². The van der Waals surface area contributed by atoms with Gasteiger partial charge in [-0.15, -0.1) is 0 Å². The first-order chi connectivity index (χ1) is 22.8. The van der Waals surface area contributed by atoms with Crippen molar-refractivity contribution in [3.05, 3.63) is 87.1 Å². The number of thiazole rings is 1. The number of alkyl halides is 3. The van der Waals surface area contributed by atoms with E-state index in [1.165, 1.54) is 35.5 Å². The summed E-state index contributed by atoms with van der Waals surface area (Å²) in [5.74, 6) is -2.55. The highest BCUT2D eigenvalue weighted by atomic mass is 32.1. The number of likely N-dealkylation sites (tertiary alicyclic amines) is 1. The number of hydrogen-bond donors (Lipinski definition) is 4. The highest BCUT2D eigenvalue weighted by Gasteiger charge is 2.41. The zero-order chi connectivity index (χ0) is 35.3. The third-order valence-corrected chi connectivity index (χ3v) is 8.36. The first-order valence-corrected chi connectivity index (χ1v) is 16.5. The smallest absolute Gasteiger partial charge is 0.416 e. The molecule has 1 saturated heterocycles. The molecule has 1 aliphatic carbocycles. The van der Waals surface area contributed by atoms with Crippen molar-refractivity contribution in [2.75, 3.05) is 18.4 Å². The number of aromatic nitrogens is 1. The van der Waals surface area contributed by atoms with Gasteiger partial charge in [-0.1, -0.05) is 73.6 Å². The molecule has 2 fully saturated rings. The third kappa shape index (κ3) is 12.3. The minimum absolute atomic E-state index is 0.00569. The van der Waals surface area contributed by atoms with Crippen molar-refractivity contribution in [2.45, 2.75) is 64.1 Å². The lowest BCUT2D eigenvalue weighted by atomic mass is 10.2. The van der Waals surface area contributed by atoms with Crippen molar-refractivity contribution in [3.8, 4) is 11.3 Å². The summed E-state index contributed by atoms with van der Waals surface area (Å²) < 4.78 is 51.1. The van der Waals surface area contributed by atoms with Gasteiger partial charge in [-0.25, -0.2) is 4.39 Å². The maximum absolute atomic E-state index is 13.3. The summed E-state index contributed by atoms with van der Waals surface area (Å²) in [6.45, 7) is 2.18. The molecule has 2 amide bonds. The quantitative estimate of drug-likeness (QED) is 0.100. The van der Waals surface area contributed by atoms with Crippen molar-refractivity contribution >= 4 is 34.8 Å². The number of rotatable bonds is 11. The number of carboxylic acid groups (broad SMARTS) is 1. The molecule has 14 heteroatoms. The average Bonchev–Trinajstić information content (AvgIpc) is 3.41. The number of nitrogens with zero attached hydrogens (tertiary/aromatic N) is 1. The van der Waals surface area contributed by atoms with E-state index in [4.69, 9.17) is 10.8 Å². The van der Waals surface area contributed by atoms with Gasteiger partial charge in [0, 0.05) is 17.6 Å². The second kappa shape index (κ2) is 18.2. The molecule has 0 bridgehead atoms. The van der Waals surface area contributed by atoms with Crippen LogP contribution in [0.2, 0.25) is 0 Å². The van der Waals surface area contributed by atoms with Crippen molar-refractivity contribution in [1.29, 1.82) is 0 Å². The number of benzene rings is 2. The Morgan fingerprint density at radius 2 is 1.88 bits per heavy atom. The fourth-order valence-electron chi connectivity index (χ4n) is 5.03. The number of carbonyl (C=O) groups excluding carboxylic acids is 2. The van der Waals surface area contributed by atoms with Gasteiger partial charge in [0.2, 0.25) is 11.8 Å². The fourth-order valence-corrected chi connectivity index (χ4v) is 5.62. The van der Waals surface area contributed by atoms with Gasteiger partial charge in [-0.05, 0) is 61.8 Å². The summed E-state index contributed by atoms with van der Waals surface area (Å²) in [5, 5.41) is 12.9. The summed E-state index contributed by atoms with van der Waals surface area (Å²) in [4.78, 5) is 48.6. The van der Waals surface area contributed by atoms with Gasteiger partial charge in [0.25, 0.3) is 0 Å². The zero-order valence-electron chi connectivity index (χ0n) is 26.5. The van der Waals surface area contributed by atoms with Crippen LogP contribution in [0.5, 0.6) is 0 Å². The van der Waals surface area contributed by atoms with Gasteiger partial charge >= 0.3 is 17.0 Å². The van der Waals surface area contributed by atoms with Crippen molar-refractivity contribution < 1.29 is 37.1 Å². The van der Waals surface area contributed by atoms with Crippen LogP contribution >= 0.6 is 11.3 Å². The number of amides is 2. The second-order valence-corrected chi connectivity index (χ2v) is 12.3. The number of nitrogens with one attached hydrogen (secondary N) is 2. The Morgan fingerprint density at radius 3 is 2.46 bits per heavy atom. The molecule has 48 heavy (non-hydrogen) atoms. The highest BCUT2D eigenvalue weighted by molar-refractivity contribution is 7.07. The molecule has 0 spiro atoms. The Morgan fingerprint density at radius 1 is 1.15 bits per heavy atom. The summed E-state index contributed by atoms with van der Waals surface area (Å²) in [7, 11) is 0. The van der Waals surface area contributed by atoms with E-state index < -0.39 is 41.4 Å². The number of carbonyl (C=O) groups is 3. The van der Waals surface area contributed by atoms with Crippen LogP contribution in [0, 0.1) is 17.7 Å². The Balaban J connectivity index is 0.000000212. The molecular formula is C34H40F4N4O5S. The largest absolute Gasteiger partial charge is 0.481 e. The van der Waals surface area contributed by atoms with Crippen LogP contribution in [0.15, 0.2) is 70.9 Å². The van der Waals surface area contributed by atoms with Gasteiger partial charge < -0.3 is 26.0 Å². The third-order valence-electron chi connectivity index (χ3n) is 7.69. The van der Waals surface area contributed by atoms with Crippen LogP contribution in [0.3, 0.4) is 0 Å². The Hall–Kier alpha value is -4.46. The van der Waals surface area contributed by atoms with E-state index in [0.717, 1.165) is 30.2 Å². The number of carboxylic acids is 1. The molecular weight excluding hydrogens is 652 g/mol. The van der Waals surface area contributed by atoms with Crippen LogP contribution in [-0.2, 0) is 20.6 Å². The molecule has 5 rings (SSSR count). The Bertz CT molecular complexity index is 1590. The fraction of sp³-hybridized carbons (Fsp3) is 0.412. The molecule has 5 N–H and O–H groups in total. The molecule has 260 valence electrons. The Kier molecular flexibility index (Phi) is 14.4. The highest BCUT2D eigenvalue weighted by Crippen LogP contribution is 2.39. The minimum Gasteiger partial charge on any atom is -0.481 e. The molecule has 0 radical (unpaired) electrons. The first kappa shape index (κ1) is 38.0. The van der Waals surface area contributed by atoms with E-state index in [1.807, 2.05) is 35.7 Å². The van der Waals surface area contributed by atoms with Gasteiger partial charge in [0.05, 0.1) is 23.7 Å². The molecule has 3 unspecified atom stereocenters. The number of anilines is 1. The van der Waals surface area contributed by atoms with E-state index in [9.17, 15) is 36.7 Å². The molecule has 9 nitrogen and oxygen atoms in total. The average molecular weight is 693 g/mol. The Labute approximate surface area is 279 Å². The summed E-state index contributed by atoms with van der Waals surface area (Å²) >= 11 is 1.19. The van der Waals surface area contributed by atoms with E-state index in [0.29, 0.717) is 37.4 Å². The standard InChI is InChI=1S/C14H15F4N3O2.C11H18O2.C9H7NOS/c15-9-4-8(14(16,17)18)5-10(6-9)20-7-12(22)21-3-1-2-11(21)13(19)23;1-2-3-4-5-6-7-9-8-10(9)11(12)13;11-9-10-8(6-12-9)7-4-2-1-3-5-7/h4-6,11,20H,1-3,7H2,(H2,19,23);6-7,9-10H,2-5,8H2,1H3,(H,12,13);1-6H,(H,10,11)/b;7-6-;. The molecule has 3 aromatic rings. The number of nitrogens with two attached hydrogens (primary N) is 1. The molecule has 2 heterocycles. The topological polar surface area (TPSA) is 146 Å². The molecule has 2 aliphatic rings. The molecule has 3 atom stereocenters. The van der Waals surface area contributed by atoms with Crippen molar-refractivity contribution in [1.82, 2.24) is 9.88 Å². The number of primary amides is 1. The lowest BCUT2D eigenvalue weighted by molar-refractivity contribution is -0.139. The van der Waals surface area contributed by atoms with Crippen molar-refractivity contribution in [3.63, 3.8) is 0 Å². The van der Waals surface area contributed by atoms with E-state index in [-0.39, 0.29) is 23.0 Å². The number of aliphatic carboxylic acids is 1. The normalized spacial score (nSPS) is 18.4. The lowest BCUT2D eigenvalue weighted by Gasteiger charge is -2.22. The van der Waals surface area contributed by atoms with Gasteiger partial charge in [-0.2, -0.15) is 13.2 Å². The predicted molar refractivity (Wildman–Crippen MR) is 177 cm³/mol. The van der Waals surface area contributed by atoms with E-state index >= 15 is 0 Å². The second-order valence-electron chi connectivity index (χ2n) is 11.4. The SMILES string of the molecule is CCCCC/C=C\C1CC1C(=O)O.NC(=O)C1CCCN1C(=O)CNc1cc(F)cc(C(F)(F)F)c1.O=c1[nH]c(-c2ccccc2)cs1. The first-order valence-electron chi connectivity index (χ1n) is 15.6. The molecule has 1 aliphatic heterocycles. The molecule has 1 aromatic heterocycles. The van der Waals surface area contributed by atoms with Gasteiger partial charge in [0.15, 0.2) is 0 Å². The van der Waals surface area contributed by atoms with Crippen LogP contribution in [-0.4, -0.2) is 51.9 Å². The number of aromatic amines is 1. The summed E-state index contributed by atoms with van der Waals surface area (Å²) in [6.07, 6.45) is 6.32. The predicted octanol–water partition coefficient (Wildman–Crippen LogP) is 6.68. The lowest BCUT2D eigenvalue weighted by Crippen LogP contribution is -2.45. The number of hydrogen-bond acceptors (Lipinski definition) is 6. The maximum atomic E-state index is 13.3. The molecule has 1 saturated carbocycles. The van der Waals surface area contributed by atoms with Crippen molar-refractivity contribution in [2.24, 2.45) is 17.6 Å². The van der Waals surface area contributed by atoms with Crippen LogP contribution in [0.25, 0.3) is 11.3 Å². The van der Waals surface area contributed by atoms with Crippen LogP contribution < -0.4 is 15.9 Å². The van der Waals surface area contributed by atoms with Crippen LogP contribution in [0.4, 0.5) is 23.2 Å². The monoisotopic (exact) mass is 692 g/mol. The summed E-state index contributed by atoms with van der Waals surface area (Å²) in [5.41, 5.74) is 5.82. The number of halogens is 4. The number of H-pyrrole nitrogens is 1. The van der Waals surface area contributed by atoms with Gasteiger partial charge in [-0.3, -0.25) is 19.2 Å². The summed E-state index contributed by atoms with van der Waals surface area (Å²) in [6, 6.07) is 11.0. The number of allylic oxidation sites excluding steroid dienone is 2. The number of unbranched alkanes of at least 4 members (excludes halogenated alkanes) is 3. The van der Waals surface area contributed by atoms with Crippen LogP contribution in [0.1, 0.15) is 57.4 Å². The van der Waals surface area contributed by atoms with E-state index in [1.54, 1.807) is 0 Å². The minimum atomic E-state index is -4.69. The molecule has 2 aromatic carbocycles.